The van der Waals surface area contributed by atoms with Gasteiger partial charge in [-0.2, -0.15) is 0 Å². The molecule has 152 valence electrons. The standard InChI is InChI=1S/C28H21Cl2N/c29-23-13-9-19(10-14-23)17-22-7-4-8-25-26(20-11-15-24(30)16-12-20)18-27(31-28(22)25)21-5-2-1-3-6-21/h1-3,5-6,9-18H,4,7-8H2/b22-17+. The topological polar surface area (TPSA) is 12.9 Å². The number of hydrogen-bond donors (Lipinski definition) is 0. The van der Waals surface area contributed by atoms with Gasteiger partial charge in [-0.1, -0.05) is 77.8 Å². The van der Waals surface area contributed by atoms with E-state index >= 15 is 0 Å². The molecule has 0 N–H and O–H groups in total. The molecule has 0 aliphatic heterocycles. The summed E-state index contributed by atoms with van der Waals surface area (Å²) in [6, 6.07) is 28.7. The molecule has 0 unspecified atom stereocenters. The van der Waals surface area contributed by atoms with Gasteiger partial charge < -0.3 is 0 Å². The number of nitrogens with zero attached hydrogens (tertiary/aromatic N) is 1. The second-order valence-corrected chi connectivity index (χ2v) is 8.70. The maximum Gasteiger partial charge on any atom is 0.0715 e. The van der Waals surface area contributed by atoms with E-state index in [2.05, 4.69) is 60.7 Å². The fraction of sp³-hybridized carbons (Fsp3) is 0.107. The Morgan fingerprint density at radius 2 is 1.39 bits per heavy atom. The highest BCUT2D eigenvalue weighted by atomic mass is 35.5. The van der Waals surface area contributed by atoms with Crippen molar-refractivity contribution in [2.24, 2.45) is 0 Å². The van der Waals surface area contributed by atoms with Crippen LogP contribution in [0.15, 0.2) is 84.9 Å². The molecule has 0 saturated heterocycles. The Morgan fingerprint density at radius 1 is 0.710 bits per heavy atom. The Hall–Kier alpha value is -2.87. The molecule has 0 radical (unpaired) electrons. The van der Waals surface area contributed by atoms with Crippen LogP contribution in [-0.2, 0) is 6.42 Å². The van der Waals surface area contributed by atoms with E-state index in [0.29, 0.717) is 0 Å². The normalized spacial score (nSPS) is 14.5. The van der Waals surface area contributed by atoms with Gasteiger partial charge in [0, 0.05) is 15.6 Å². The lowest BCUT2D eigenvalue weighted by Crippen LogP contribution is -2.08. The Balaban J connectivity index is 1.71. The lowest BCUT2D eigenvalue weighted by atomic mass is 9.84. The first kappa shape index (κ1) is 20.1. The molecule has 1 nitrogen and oxygen atoms in total. The fourth-order valence-electron chi connectivity index (χ4n) is 4.21. The van der Waals surface area contributed by atoms with Crippen molar-refractivity contribution in [3.63, 3.8) is 0 Å². The zero-order valence-electron chi connectivity index (χ0n) is 17.0. The van der Waals surface area contributed by atoms with Crippen molar-refractivity contribution in [2.75, 3.05) is 0 Å². The molecule has 5 rings (SSSR count). The lowest BCUT2D eigenvalue weighted by molar-refractivity contribution is 0.813. The van der Waals surface area contributed by atoms with Crippen molar-refractivity contribution in [3.05, 3.63) is 112 Å². The molecule has 0 amide bonds. The number of hydrogen-bond acceptors (Lipinski definition) is 1. The molecular weight excluding hydrogens is 421 g/mol. The molecule has 0 fully saturated rings. The van der Waals surface area contributed by atoms with Crippen LogP contribution in [0.25, 0.3) is 34.0 Å². The summed E-state index contributed by atoms with van der Waals surface area (Å²) in [6.07, 6.45) is 5.40. The van der Waals surface area contributed by atoms with E-state index in [1.165, 1.54) is 22.3 Å². The van der Waals surface area contributed by atoms with Gasteiger partial charge in [-0.3, -0.25) is 0 Å². The predicted octanol–water partition coefficient (Wildman–Crippen LogP) is 8.60. The lowest BCUT2D eigenvalue weighted by Gasteiger charge is -2.23. The van der Waals surface area contributed by atoms with Crippen molar-refractivity contribution in [3.8, 4) is 22.4 Å². The molecule has 3 aromatic carbocycles. The number of aromatic nitrogens is 1. The van der Waals surface area contributed by atoms with Crippen molar-refractivity contribution >= 4 is 34.9 Å². The third kappa shape index (κ3) is 4.30. The molecule has 1 heterocycles. The highest BCUT2D eigenvalue weighted by molar-refractivity contribution is 6.30. The second-order valence-electron chi connectivity index (χ2n) is 7.83. The third-order valence-electron chi connectivity index (χ3n) is 5.74. The molecule has 1 aliphatic rings. The van der Waals surface area contributed by atoms with Gasteiger partial charge in [-0.05, 0) is 83.5 Å². The van der Waals surface area contributed by atoms with E-state index in [1.807, 2.05) is 30.3 Å². The van der Waals surface area contributed by atoms with Crippen molar-refractivity contribution in [2.45, 2.75) is 19.3 Å². The van der Waals surface area contributed by atoms with Crippen molar-refractivity contribution in [1.29, 1.82) is 0 Å². The van der Waals surface area contributed by atoms with Crippen molar-refractivity contribution < 1.29 is 0 Å². The van der Waals surface area contributed by atoms with Crippen LogP contribution >= 0.6 is 23.2 Å². The summed E-state index contributed by atoms with van der Waals surface area (Å²) in [5, 5.41) is 1.50. The average Bonchev–Trinajstić information content (AvgIpc) is 2.81. The van der Waals surface area contributed by atoms with E-state index in [0.717, 1.165) is 51.8 Å². The predicted molar refractivity (Wildman–Crippen MR) is 132 cm³/mol. The first-order valence-electron chi connectivity index (χ1n) is 10.5. The Kier molecular flexibility index (Phi) is 5.63. The van der Waals surface area contributed by atoms with Crippen LogP contribution in [0.3, 0.4) is 0 Å². The fourth-order valence-corrected chi connectivity index (χ4v) is 4.46. The number of rotatable bonds is 3. The van der Waals surface area contributed by atoms with Gasteiger partial charge >= 0.3 is 0 Å². The van der Waals surface area contributed by atoms with Crippen molar-refractivity contribution in [1.82, 2.24) is 4.98 Å². The monoisotopic (exact) mass is 441 g/mol. The SMILES string of the molecule is Clc1ccc(/C=C2\CCCc3c(-c4ccc(Cl)cc4)cc(-c4ccccc4)nc32)cc1. The quantitative estimate of drug-likeness (QED) is 0.310. The maximum atomic E-state index is 6.16. The van der Waals surface area contributed by atoms with Crippen LogP contribution < -0.4 is 0 Å². The minimum atomic E-state index is 0.748. The number of fused-ring (bicyclic) bond motifs is 1. The van der Waals surface area contributed by atoms with Crippen LogP contribution in [0.4, 0.5) is 0 Å². The Morgan fingerprint density at radius 3 is 2.10 bits per heavy atom. The smallest absolute Gasteiger partial charge is 0.0715 e. The van der Waals surface area contributed by atoms with Crippen LogP contribution in [-0.4, -0.2) is 4.98 Å². The van der Waals surface area contributed by atoms with E-state index in [4.69, 9.17) is 28.2 Å². The number of halogens is 2. The molecule has 0 atom stereocenters. The molecule has 3 heteroatoms. The average molecular weight is 442 g/mol. The summed E-state index contributed by atoms with van der Waals surface area (Å²) in [6.45, 7) is 0. The zero-order chi connectivity index (χ0) is 21.2. The largest absolute Gasteiger partial charge is 0.248 e. The molecular formula is C28H21Cl2N. The van der Waals surface area contributed by atoms with Gasteiger partial charge in [-0.25, -0.2) is 4.98 Å². The summed E-state index contributed by atoms with van der Waals surface area (Å²) < 4.78 is 0. The highest BCUT2D eigenvalue weighted by Crippen LogP contribution is 2.39. The minimum Gasteiger partial charge on any atom is -0.248 e. The summed E-state index contributed by atoms with van der Waals surface area (Å²) in [7, 11) is 0. The van der Waals surface area contributed by atoms with Gasteiger partial charge in [0.15, 0.2) is 0 Å². The first-order chi connectivity index (χ1) is 15.2. The van der Waals surface area contributed by atoms with Crippen LogP contribution in [0.2, 0.25) is 10.0 Å². The first-order valence-corrected chi connectivity index (χ1v) is 11.2. The minimum absolute atomic E-state index is 0.748. The molecule has 0 saturated carbocycles. The van der Waals surface area contributed by atoms with E-state index in [9.17, 15) is 0 Å². The molecule has 4 aromatic rings. The van der Waals surface area contributed by atoms with Gasteiger partial charge in [0.1, 0.15) is 0 Å². The molecule has 0 bridgehead atoms. The van der Waals surface area contributed by atoms with Crippen LogP contribution in [0, 0.1) is 0 Å². The molecule has 1 aromatic heterocycles. The second kappa shape index (κ2) is 8.70. The number of allylic oxidation sites excluding steroid dienone is 1. The van der Waals surface area contributed by atoms with Gasteiger partial charge in [-0.15, -0.1) is 0 Å². The summed E-state index contributed by atoms with van der Waals surface area (Å²) >= 11 is 12.2. The zero-order valence-corrected chi connectivity index (χ0v) is 18.5. The third-order valence-corrected chi connectivity index (χ3v) is 6.24. The Bertz CT molecular complexity index is 1240. The van der Waals surface area contributed by atoms with Crippen LogP contribution in [0.1, 0.15) is 29.7 Å². The van der Waals surface area contributed by atoms with E-state index < -0.39 is 0 Å². The summed E-state index contributed by atoms with van der Waals surface area (Å²) in [5.74, 6) is 0. The van der Waals surface area contributed by atoms with Gasteiger partial charge in [0.25, 0.3) is 0 Å². The maximum absolute atomic E-state index is 6.16. The van der Waals surface area contributed by atoms with Gasteiger partial charge in [0.05, 0.1) is 11.4 Å². The number of pyridine rings is 1. The van der Waals surface area contributed by atoms with Gasteiger partial charge in [0.2, 0.25) is 0 Å². The molecule has 1 aliphatic carbocycles. The van der Waals surface area contributed by atoms with E-state index in [1.54, 1.807) is 0 Å². The number of benzene rings is 3. The Labute approximate surface area is 193 Å². The molecule has 0 spiro atoms. The molecule has 31 heavy (non-hydrogen) atoms. The van der Waals surface area contributed by atoms with E-state index in [-0.39, 0.29) is 0 Å². The summed E-state index contributed by atoms with van der Waals surface area (Å²) in [5.41, 5.74) is 9.37. The summed E-state index contributed by atoms with van der Waals surface area (Å²) in [4.78, 5) is 5.16. The highest BCUT2D eigenvalue weighted by Gasteiger charge is 2.21. The van der Waals surface area contributed by atoms with Crippen LogP contribution in [0.5, 0.6) is 0 Å².